The minimum atomic E-state index is -0.524. The molecule has 2 rings (SSSR count). The molecular weight excluding hydrogens is 238 g/mol. The van der Waals surface area contributed by atoms with E-state index < -0.39 is 11.6 Å². The lowest BCUT2D eigenvalue weighted by atomic mass is 10.1. The minimum absolute atomic E-state index is 0.327. The predicted molar refractivity (Wildman–Crippen MR) is 76.6 cm³/mol. The first kappa shape index (κ1) is 13.3. The largest absolute Gasteiger partial charge is 0.456 e. The number of carbonyl (C=O) groups excluding carboxylic acids is 1. The van der Waals surface area contributed by atoms with Crippen LogP contribution in [0.5, 0.6) is 0 Å². The lowest BCUT2D eigenvalue weighted by Crippen LogP contribution is -2.24. The van der Waals surface area contributed by atoms with Crippen LogP contribution in [0.1, 0.15) is 26.3 Å². The quantitative estimate of drug-likeness (QED) is 0.608. The highest BCUT2D eigenvalue weighted by molar-refractivity contribution is 6.16. The molecule has 2 aromatic rings. The van der Waals surface area contributed by atoms with Gasteiger partial charge in [0.15, 0.2) is 0 Å². The van der Waals surface area contributed by atoms with E-state index in [2.05, 4.69) is 11.6 Å². The van der Waals surface area contributed by atoms with Crippen LogP contribution >= 0.6 is 0 Å². The van der Waals surface area contributed by atoms with Gasteiger partial charge in [0.05, 0.1) is 11.1 Å². The van der Waals surface area contributed by atoms with Crippen molar-refractivity contribution in [3.63, 3.8) is 0 Å². The van der Waals surface area contributed by atoms with Crippen LogP contribution in [0.25, 0.3) is 16.5 Å². The van der Waals surface area contributed by atoms with Gasteiger partial charge in [-0.1, -0.05) is 24.8 Å². The average Bonchev–Trinajstić information content (AvgIpc) is 2.35. The van der Waals surface area contributed by atoms with Gasteiger partial charge in [-0.25, -0.2) is 4.79 Å². The highest BCUT2D eigenvalue weighted by Gasteiger charge is 2.19. The van der Waals surface area contributed by atoms with Crippen LogP contribution in [0.2, 0.25) is 0 Å². The average molecular weight is 255 g/mol. The summed E-state index contributed by atoms with van der Waals surface area (Å²) in [4.78, 5) is 16.3. The van der Waals surface area contributed by atoms with Gasteiger partial charge in [0.25, 0.3) is 0 Å². The fourth-order valence-corrected chi connectivity index (χ4v) is 1.69. The first-order valence-corrected chi connectivity index (χ1v) is 6.14. The summed E-state index contributed by atoms with van der Waals surface area (Å²) < 4.78 is 5.30. The van der Waals surface area contributed by atoms with Crippen molar-refractivity contribution < 1.29 is 9.53 Å². The zero-order valence-corrected chi connectivity index (χ0v) is 11.4. The number of ether oxygens (including phenoxy) is 1. The van der Waals surface area contributed by atoms with Crippen LogP contribution in [0, 0.1) is 0 Å². The van der Waals surface area contributed by atoms with Crippen molar-refractivity contribution >= 4 is 22.4 Å². The van der Waals surface area contributed by atoms with Crippen LogP contribution in [0.15, 0.2) is 43.1 Å². The van der Waals surface area contributed by atoms with Gasteiger partial charge in [0, 0.05) is 17.1 Å². The van der Waals surface area contributed by atoms with E-state index in [1.807, 2.05) is 51.1 Å². The molecule has 0 saturated heterocycles. The van der Waals surface area contributed by atoms with E-state index in [1.54, 1.807) is 6.20 Å². The summed E-state index contributed by atoms with van der Waals surface area (Å²) in [6, 6.07) is 9.64. The van der Waals surface area contributed by atoms with Crippen molar-refractivity contribution in [3.05, 3.63) is 48.7 Å². The number of esters is 1. The number of rotatable bonds is 2. The molecule has 0 aliphatic carbocycles. The number of fused-ring (bicyclic) bond motifs is 1. The summed E-state index contributed by atoms with van der Waals surface area (Å²) in [6.07, 6.45) is 1.65. The summed E-state index contributed by atoms with van der Waals surface area (Å²) in [7, 11) is 0. The third-order valence-corrected chi connectivity index (χ3v) is 2.58. The Bertz CT molecular complexity index is 638. The molecular formula is C16H17NO2. The lowest BCUT2D eigenvalue weighted by molar-refractivity contribution is -0.147. The summed E-state index contributed by atoms with van der Waals surface area (Å²) in [5, 5.41) is 0.977. The molecule has 0 unspecified atom stereocenters. The molecule has 0 aliphatic heterocycles. The molecule has 3 heteroatoms. The number of carbonyl (C=O) groups is 1. The van der Waals surface area contributed by atoms with Crippen LogP contribution in [-0.2, 0) is 9.53 Å². The molecule has 3 nitrogen and oxygen atoms in total. The third kappa shape index (κ3) is 3.19. The van der Waals surface area contributed by atoms with Crippen molar-refractivity contribution in [3.8, 4) is 0 Å². The molecule has 0 saturated carbocycles. The molecule has 0 aliphatic rings. The fourth-order valence-electron chi connectivity index (χ4n) is 1.69. The van der Waals surface area contributed by atoms with E-state index >= 15 is 0 Å². The molecule has 0 amide bonds. The number of benzene rings is 1. The Balaban J connectivity index is 2.29. The normalized spacial score (nSPS) is 11.3. The lowest BCUT2D eigenvalue weighted by Gasteiger charge is -2.20. The maximum absolute atomic E-state index is 11.9. The molecule has 0 radical (unpaired) electrons. The first-order valence-electron chi connectivity index (χ1n) is 6.14. The van der Waals surface area contributed by atoms with E-state index in [9.17, 15) is 4.79 Å². The fraction of sp³-hybridized carbons (Fsp3) is 0.250. The molecule has 1 aromatic heterocycles. The van der Waals surface area contributed by atoms with E-state index in [1.165, 1.54) is 0 Å². The van der Waals surface area contributed by atoms with Gasteiger partial charge in [-0.05, 0) is 32.9 Å². The zero-order valence-electron chi connectivity index (χ0n) is 11.4. The Hall–Kier alpha value is -2.16. The summed E-state index contributed by atoms with van der Waals surface area (Å²) in [5.74, 6) is -0.412. The van der Waals surface area contributed by atoms with Gasteiger partial charge in [-0.3, -0.25) is 4.98 Å². The summed E-state index contributed by atoms with van der Waals surface area (Å²) in [6.45, 7) is 9.29. The number of hydrogen-bond donors (Lipinski definition) is 0. The van der Waals surface area contributed by atoms with E-state index in [0.717, 1.165) is 10.9 Å². The van der Waals surface area contributed by atoms with Gasteiger partial charge in [-0.15, -0.1) is 0 Å². The van der Waals surface area contributed by atoms with Gasteiger partial charge in [0.2, 0.25) is 0 Å². The van der Waals surface area contributed by atoms with Crippen LogP contribution in [0.3, 0.4) is 0 Å². The number of nitrogens with zero attached hydrogens (tertiary/aromatic N) is 1. The van der Waals surface area contributed by atoms with Crippen molar-refractivity contribution in [2.45, 2.75) is 26.4 Å². The molecule has 1 heterocycles. The first-order chi connectivity index (χ1) is 8.87. The Morgan fingerprint density at radius 2 is 1.95 bits per heavy atom. The summed E-state index contributed by atoms with van der Waals surface area (Å²) in [5.41, 5.74) is 1.38. The smallest absolute Gasteiger partial charge is 0.338 e. The zero-order chi connectivity index (χ0) is 14.0. The van der Waals surface area contributed by atoms with Crippen molar-refractivity contribution in [2.75, 3.05) is 0 Å². The maximum atomic E-state index is 11.9. The van der Waals surface area contributed by atoms with E-state index in [-0.39, 0.29) is 0 Å². The van der Waals surface area contributed by atoms with Crippen LogP contribution < -0.4 is 0 Å². The molecule has 0 bridgehead atoms. The second-order valence-electron chi connectivity index (χ2n) is 5.40. The molecule has 1 aromatic carbocycles. The summed E-state index contributed by atoms with van der Waals surface area (Å²) >= 11 is 0. The SMILES string of the molecule is C=C(C(=O)OC(C)(C)C)c1cnc2ccccc2c1. The molecule has 19 heavy (non-hydrogen) atoms. The predicted octanol–water partition coefficient (Wildman–Crippen LogP) is 3.59. The molecule has 0 spiro atoms. The topological polar surface area (TPSA) is 39.2 Å². The standard InChI is InChI=1S/C16H17NO2/c1-11(15(18)19-16(2,3)4)13-9-12-7-5-6-8-14(12)17-10-13/h5-10H,1H2,2-4H3. The molecule has 0 N–H and O–H groups in total. The molecule has 0 fully saturated rings. The van der Waals surface area contributed by atoms with Gasteiger partial charge < -0.3 is 4.74 Å². The number of pyridine rings is 1. The third-order valence-electron chi connectivity index (χ3n) is 2.58. The Morgan fingerprint density at radius 1 is 1.26 bits per heavy atom. The van der Waals surface area contributed by atoms with E-state index in [4.69, 9.17) is 4.74 Å². The van der Waals surface area contributed by atoms with Crippen molar-refractivity contribution in [1.29, 1.82) is 0 Å². The van der Waals surface area contributed by atoms with Gasteiger partial charge >= 0.3 is 5.97 Å². The van der Waals surface area contributed by atoms with Gasteiger partial charge in [0.1, 0.15) is 5.60 Å². The molecule has 0 atom stereocenters. The molecule has 98 valence electrons. The maximum Gasteiger partial charge on any atom is 0.338 e. The van der Waals surface area contributed by atoms with Crippen LogP contribution in [-0.4, -0.2) is 16.6 Å². The Labute approximate surface area is 112 Å². The van der Waals surface area contributed by atoms with Gasteiger partial charge in [-0.2, -0.15) is 0 Å². The number of hydrogen-bond acceptors (Lipinski definition) is 3. The number of para-hydroxylation sites is 1. The van der Waals surface area contributed by atoms with Crippen molar-refractivity contribution in [1.82, 2.24) is 4.98 Å². The Morgan fingerprint density at radius 3 is 2.63 bits per heavy atom. The van der Waals surface area contributed by atoms with Crippen molar-refractivity contribution in [2.24, 2.45) is 0 Å². The monoisotopic (exact) mass is 255 g/mol. The second-order valence-corrected chi connectivity index (χ2v) is 5.40. The van der Waals surface area contributed by atoms with E-state index in [0.29, 0.717) is 11.1 Å². The number of aromatic nitrogens is 1. The highest BCUT2D eigenvalue weighted by Crippen LogP contribution is 2.21. The second kappa shape index (κ2) is 4.84. The van der Waals surface area contributed by atoms with Crippen LogP contribution in [0.4, 0.5) is 0 Å². The Kier molecular flexibility index (Phi) is 3.38. The minimum Gasteiger partial charge on any atom is -0.456 e. The highest BCUT2D eigenvalue weighted by atomic mass is 16.6.